The number of H-pyrrole nitrogens is 1. The molecule has 1 saturated heterocycles. The van der Waals surface area contributed by atoms with Gasteiger partial charge in [-0.3, -0.25) is 0 Å². The molecule has 11 heteroatoms. The number of aromatic nitrogens is 7. The molecule has 162 valence electrons. The van der Waals surface area contributed by atoms with Crippen LogP contribution in [0.5, 0.6) is 0 Å². The number of rotatable bonds is 7. The molecule has 4 aromatic rings. The molecule has 10 nitrogen and oxygen atoms in total. The second-order valence-electron chi connectivity index (χ2n) is 8.12. The molecule has 2 aliphatic rings. The first-order chi connectivity index (χ1) is 15.7. The summed E-state index contributed by atoms with van der Waals surface area (Å²) in [6.07, 6.45) is 4.31. The SMILES string of the molecule is Clc1cccc(CCNc2nccc(-c3nnc(N4CC5C(C4)C5c4cn[nH]n4)o3)n2)c1. The first-order valence-electron chi connectivity index (χ1n) is 10.5. The highest BCUT2D eigenvalue weighted by molar-refractivity contribution is 6.30. The van der Waals surface area contributed by atoms with Gasteiger partial charge in [-0.05, 0) is 42.0 Å². The highest BCUT2D eigenvalue weighted by Gasteiger charge is 2.58. The molecule has 0 radical (unpaired) electrons. The van der Waals surface area contributed by atoms with Crippen LogP contribution < -0.4 is 10.2 Å². The van der Waals surface area contributed by atoms with Crippen LogP contribution in [0.3, 0.4) is 0 Å². The summed E-state index contributed by atoms with van der Waals surface area (Å²) < 4.78 is 5.93. The fourth-order valence-electron chi connectivity index (χ4n) is 4.51. The number of benzene rings is 1. The van der Waals surface area contributed by atoms with E-state index in [0.717, 1.165) is 35.8 Å². The Morgan fingerprint density at radius 2 is 2.09 bits per heavy atom. The molecule has 0 amide bonds. The molecule has 0 bridgehead atoms. The van der Waals surface area contributed by atoms with Gasteiger partial charge in [-0.15, -0.1) is 5.10 Å². The van der Waals surface area contributed by atoms with Crippen LogP contribution in [-0.2, 0) is 6.42 Å². The molecule has 0 spiro atoms. The van der Waals surface area contributed by atoms with Crippen LogP contribution in [0.1, 0.15) is 17.2 Å². The minimum atomic E-state index is 0.383. The molecular weight excluding hydrogens is 430 g/mol. The summed E-state index contributed by atoms with van der Waals surface area (Å²) in [5, 5.41) is 23.2. The number of aromatic amines is 1. The Kier molecular flexibility index (Phi) is 4.71. The zero-order chi connectivity index (χ0) is 21.5. The van der Waals surface area contributed by atoms with Gasteiger partial charge in [0.2, 0.25) is 5.95 Å². The summed E-state index contributed by atoms with van der Waals surface area (Å²) in [7, 11) is 0. The molecule has 1 aliphatic heterocycles. The maximum Gasteiger partial charge on any atom is 0.318 e. The third kappa shape index (κ3) is 3.66. The third-order valence-electron chi connectivity index (χ3n) is 6.11. The quantitative estimate of drug-likeness (QED) is 0.438. The maximum absolute atomic E-state index is 6.04. The number of piperidine rings is 1. The van der Waals surface area contributed by atoms with E-state index in [-0.39, 0.29) is 0 Å². The lowest BCUT2D eigenvalue weighted by atomic mass is 10.1. The van der Waals surface area contributed by atoms with E-state index >= 15 is 0 Å². The van der Waals surface area contributed by atoms with Gasteiger partial charge in [0.25, 0.3) is 5.89 Å². The first-order valence-corrected chi connectivity index (χ1v) is 10.9. The summed E-state index contributed by atoms with van der Waals surface area (Å²) in [5.74, 6) is 2.50. The molecule has 2 atom stereocenters. The van der Waals surface area contributed by atoms with E-state index in [0.29, 0.717) is 47.8 Å². The summed E-state index contributed by atoms with van der Waals surface area (Å²) >= 11 is 6.04. The number of halogens is 1. The lowest BCUT2D eigenvalue weighted by molar-refractivity contribution is 0.542. The standard InChI is InChI=1S/C21H20ClN9O/c22-13-3-1-2-12(8-13)4-6-23-20-24-7-5-16(26-20)19-28-29-21(32-19)31-10-14-15(11-31)18(14)17-9-25-30-27-17/h1-3,5,7-9,14-15,18H,4,6,10-11H2,(H,23,24,26)(H,25,27,30). The van der Waals surface area contributed by atoms with E-state index in [1.54, 1.807) is 12.3 Å². The molecule has 3 aromatic heterocycles. The van der Waals surface area contributed by atoms with Crippen LogP contribution in [0.4, 0.5) is 12.0 Å². The third-order valence-corrected chi connectivity index (χ3v) is 6.35. The van der Waals surface area contributed by atoms with Crippen LogP contribution in [-0.4, -0.2) is 55.2 Å². The smallest absolute Gasteiger partial charge is 0.318 e. The number of hydrogen-bond acceptors (Lipinski definition) is 9. The van der Waals surface area contributed by atoms with E-state index in [4.69, 9.17) is 16.0 Å². The number of hydrogen-bond donors (Lipinski definition) is 2. The summed E-state index contributed by atoms with van der Waals surface area (Å²) in [6, 6.07) is 10.1. The van der Waals surface area contributed by atoms with Gasteiger partial charge >= 0.3 is 6.01 Å². The number of nitrogens with zero attached hydrogens (tertiary/aromatic N) is 7. The Morgan fingerprint density at radius 3 is 2.91 bits per heavy atom. The van der Waals surface area contributed by atoms with E-state index in [9.17, 15) is 0 Å². The summed E-state index contributed by atoms with van der Waals surface area (Å²) in [5.41, 5.74) is 2.79. The monoisotopic (exact) mass is 449 g/mol. The average molecular weight is 450 g/mol. The molecule has 2 fully saturated rings. The van der Waals surface area contributed by atoms with Crippen LogP contribution in [0, 0.1) is 11.8 Å². The van der Waals surface area contributed by atoms with Crippen molar-refractivity contribution in [1.29, 1.82) is 0 Å². The molecule has 6 rings (SSSR count). The Bertz CT molecular complexity index is 1220. The van der Waals surface area contributed by atoms with Crippen molar-refractivity contribution in [2.45, 2.75) is 12.3 Å². The van der Waals surface area contributed by atoms with Gasteiger partial charge in [-0.2, -0.15) is 15.4 Å². The van der Waals surface area contributed by atoms with Crippen molar-refractivity contribution in [3.8, 4) is 11.6 Å². The predicted molar refractivity (Wildman–Crippen MR) is 117 cm³/mol. The summed E-state index contributed by atoms with van der Waals surface area (Å²) in [4.78, 5) is 10.9. The number of anilines is 2. The molecular formula is C21H20ClN9O. The van der Waals surface area contributed by atoms with Crippen molar-refractivity contribution in [2.75, 3.05) is 29.9 Å². The Hall–Kier alpha value is -3.53. The van der Waals surface area contributed by atoms with Crippen molar-refractivity contribution >= 4 is 23.6 Å². The first kappa shape index (κ1) is 19.2. The van der Waals surface area contributed by atoms with Gasteiger partial charge < -0.3 is 14.6 Å². The van der Waals surface area contributed by atoms with Crippen molar-refractivity contribution < 1.29 is 4.42 Å². The normalized spacial score (nSPS) is 21.5. The Balaban J connectivity index is 1.08. The minimum Gasteiger partial charge on any atom is -0.402 e. The van der Waals surface area contributed by atoms with Gasteiger partial charge in [0.05, 0.1) is 11.9 Å². The van der Waals surface area contributed by atoms with E-state index in [1.165, 1.54) is 0 Å². The van der Waals surface area contributed by atoms with Gasteiger partial charge in [-0.25, -0.2) is 9.97 Å². The average Bonchev–Trinajstić information content (AvgIpc) is 3.34. The molecule has 2 unspecified atom stereocenters. The molecule has 4 heterocycles. The van der Waals surface area contributed by atoms with Gasteiger partial charge in [-0.1, -0.05) is 28.8 Å². The van der Waals surface area contributed by atoms with Crippen LogP contribution >= 0.6 is 11.6 Å². The van der Waals surface area contributed by atoms with Crippen molar-refractivity contribution in [1.82, 2.24) is 35.6 Å². The molecule has 32 heavy (non-hydrogen) atoms. The van der Waals surface area contributed by atoms with Gasteiger partial charge in [0.15, 0.2) is 0 Å². The molecule has 1 aliphatic carbocycles. The van der Waals surface area contributed by atoms with Crippen LogP contribution in [0.25, 0.3) is 11.6 Å². The summed E-state index contributed by atoms with van der Waals surface area (Å²) in [6.45, 7) is 2.44. The number of fused-ring (bicyclic) bond motifs is 1. The van der Waals surface area contributed by atoms with Crippen LogP contribution in [0.2, 0.25) is 5.02 Å². The fraction of sp³-hybridized carbons (Fsp3) is 0.333. The molecule has 1 saturated carbocycles. The Morgan fingerprint density at radius 1 is 1.19 bits per heavy atom. The highest BCUT2D eigenvalue weighted by atomic mass is 35.5. The second kappa shape index (κ2) is 7.86. The lowest BCUT2D eigenvalue weighted by Gasteiger charge is -2.15. The zero-order valence-electron chi connectivity index (χ0n) is 17.0. The minimum absolute atomic E-state index is 0.383. The van der Waals surface area contributed by atoms with E-state index < -0.39 is 0 Å². The fourth-order valence-corrected chi connectivity index (χ4v) is 4.73. The van der Waals surface area contributed by atoms with E-state index in [2.05, 4.69) is 45.8 Å². The lowest BCUT2D eigenvalue weighted by Crippen LogP contribution is -2.23. The van der Waals surface area contributed by atoms with Crippen molar-refractivity contribution in [3.05, 3.63) is 59.0 Å². The van der Waals surface area contributed by atoms with Gasteiger partial charge in [0, 0.05) is 36.8 Å². The predicted octanol–water partition coefficient (Wildman–Crippen LogP) is 2.80. The molecule has 2 N–H and O–H groups in total. The highest BCUT2D eigenvalue weighted by Crippen LogP contribution is 2.58. The second-order valence-corrected chi connectivity index (χ2v) is 8.55. The largest absolute Gasteiger partial charge is 0.402 e. The van der Waals surface area contributed by atoms with E-state index in [1.807, 2.05) is 30.5 Å². The zero-order valence-corrected chi connectivity index (χ0v) is 17.8. The topological polar surface area (TPSA) is 122 Å². The van der Waals surface area contributed by atoms with Crippen molar-refractivity contribution in [2.24, 2.45) is 11.8 Å². The van der Waals surface area contributed by atoms with Crippen LogP contribution in [0.15, 0.2) is 47.1 Å². The molecule has 1 aromatic carbocycles. The number of nitrogens with one attached hydrogen (secondary N) is 2. The van der Waals surface area contributed by atoms with Gasteiger partial charge in [0.1, 0.15) is 5.69 Å². The van der Waals surface area contributed by atoms with Crippen molar-refractivity contribution in [3.63, 3.8) is 0 Å². The Labute approximate surface area is 188 Å². The maximum atomic E-state index is 6.04.